The third-order valence-corrected chi connectivity index (χ3v) is 7.39. The van der Waals surface area contributed by atoms with Crippen LogP contribution in [0.25, 0.3) is 10.8 Å². The van der Waals surface area contributed by atoms with Crippen LogP contribution in [0.3, 0.4) is 0 Å². The second kappa shape index (κ2) is 7.24. The zero-order valence-electron chi connectivity index (χ0n) is 15.2. The Balaban J connectivity index is 1.55. The molecule has 27 heavy (non-hydrogen) atoms. The third kappa shape index (κ3) is 3.60. The molecule has 1 saturated heterocycles. The fraction of sp³-hybridized carbons (Fsp3) is 0.238. The number of hydrogen-bond acceptors (Lipinski definition) is 2. The van der Waals surface area contributed by atoms with Crippen LogP contribution in [0.5, 0.6) is 0 Å². The molecule has 3 aromatic carbocycles. The highest BCUT2D eigenvalue weighted by Gasteiger charge is 2.31. The van der Waals surface area contributed by atoms with Crippen LogP contribution in [0.2, 0.25) is 5.02 Å². The highest BCUT2D eigenvalue weighted by atomic mass is 35.5. The molecule has 140 valence electrons. The minimum Gasteiger partial charge on any atom is -0.300 e. The molecule has 4 rings (SSSR count). The van der Waals surface area contributed by atoms with Crippen molar-refractivity contribution in [3.8, 4) is 0 Å². The lowest BCUT2D eigenvalue weighted by atomic mass is 10.1. The van der Waals surface area contributed by atoms with Crippen molar-refractivity contribution >= 4 is 38.1 Å². The summed E-state index contributed by atoms with van der Waals surface area (Å²) in [6.07, 6.45) is 0. The zero-order chi connectivity index (χ0) is 19.0. The molecule has 0 spiro atoms. The topological polar surface area (TPSA) is 41.8 Å². The molecule has 0 atom stereocenters. The number of piperazine rings is 1. The predicted octanol–water partition coefficient (Wildman–Crippen LogP) is 3.02. The average molecular weight is 402 g/mol. The number of rotatable bonds is 3. The standard InChI is InChI=1S/C21H21ClN2O2S/c1-16-6-8-19(22)15-21(16)23-10-12-24(13-11-23)27(25,26)20-9-7-17-4-2-3-5-18(17)14-20/h2-9,14-15H,10-13H2,1H3/p+1. The van der Waals surface area contributed by atoms with E-state index < -0.39 is 10.0 Å². The van der Waals surface area contributed by atoms with Gasteiger partial charge in [0.25, 0.3) is 0 Å². The van der Waals surface area contributed by atoms with Crippen LogP contribution in [0.4, 0.5) is 5.69 Å². The number of hydrogen-bond donors (Lipinski definition) is 1. The van der Waals surface area contributed by atoms with Gasteiger partial charge in [0.05, 0.1) is 31.1 Å². The number of halogens is 1. The molecule has 0 bridgehead atoms. The molecule has 6 heteroatoms. The van der Waals surface area contributed by atoms with Crippen molar-refractivity contribution in [2.45, 2.75) is 11.8 Å². The molecule has 1 N–H and O–H groups in total. The van der Waals surface area contributed by atoms with Crippen LogP contribution < -0.4 is 4.90 Å². The van der Waals surface area contributed by atoms with Crippen molar-refractivity contribution in [1.29, 1.82) is 0 Å². The molecule has 0 amide bonds. The Bertz CT molecular complexity index is 1090. The van der Waals surface area contributed by atoms with E-state index in [4.69, 9.17) is 11.6 Å². The number of nitrogens with one attached hydrogen (secondary N) is 1. The molecule has 1 aliphatic heterocycles. The van der Waals surface area contributed by atoms with E-state index in [9.17, 15) is 8.42 Å². The quantitative estimate of drug-likeness (QED) is 0.733. The van der Waals surface area contributed by atoms with Gasteiger partial charge in [-0.1, -0.05) is 48.0 Å². The van der Waals surface area contributed by atoms with Crippen molar-refractivity contribution in [3.05, 3.63) is 71.2 Å². The number of fused-ring (bicyclic) bond motifs is 1. The lowest BCUT2D eigenvalue weighted by Gasteiger charge is -2.32. The van der Waals surface area contributed by atoms with Gasteiger partial charge in [0.2, 0.25) is 10.0 Å². The van der Waals surface area contributed by atoms with E-state index in [0.29, 0.717) is 23.0 Å². The van der Waals surface area contributed by atoms with Gasteiger partial charge in [0.15, 0.2) is 0 Å². The number of quaternary nitrogens is 1. The van der Waals surface area contributed by atoms with Crippen molar-refractivity contribution in [2.75, 3.05) is 26.2 Å². The minimum atomic E-state index is -3.48. The fourth-order valence-electron chi connectivity index (χ4n) is 3.72. The van der Waals surface area contributed by atoms with Crippen LogP contribution in [0.15, 0.2) is 65.6 Å². The molecule has 0 aliphatic carbocycles. The summed E-state index contributed by atoms with van der Waals surface area (Å²) in [5, 5.41) is 2.70. The van der Waals surface area contributed by atoms with Gasteiger partial charge in [-0.3, -0.25) is 0 Å². The van der Waals surface area contributed by atoms with Gasteiger partial charge in [0.1, 0.15) is 5.69 Å². The van der Waals surface area contributed by atoms with Gasteiger partial charge in [-0.15, -0.1) is 0 Å². The van der Waals surface area contributed by atoms with E-state index in [1.807, 2.05) is 48.5 Å². The van der Waals surface area contributed by atoms with E-state index in [1.165, 1.54) is 10.5 Å². The Kier molecular flexibility index (Phi) is 4.95. The van der Waals surface area contributed by atoms with Gasteiger partial charge in [-0.25, -0.2) is 8.42 Å². The largest absolute Gasteiger partial charge is 0.300 e. The van der Waals surface area contributed by atoms with E-state index in [2.05, 4.69) is 6.92 Å². The lowest BCUT2D eigenvalue weighted by Crippen LogP contribution is -3.10. The Morgan fingerprint density at radius 3 is 2.37 bits per heavy atom. The van der Waals surface area contributed by atoms with Gasteiger partial charge in [0, 0.05) is 16.7 Å². The predicted molar refractivity (Wildman–Crippen MR) is 109 cm³/mol. The maximum absolute atomic E-state index is 13.1. The Hall–Kier alpha value is -1.92. The van der Waals surface area contributed by atoms with Crippen molar-refractivity contribution < 1.29 is 13.3 Å². The van der Waals surface area contributed by atoms with Crippen LogP contribution in [-0.4, -0.2) is 38.9 Å². The Morgan fingerprint density at radius 2 is 1.63 bits per heavy atom. The van der Waals surface area contributed by atoms with Crippen molar-refractivity contribution in [1.82, 2.24) is 4.31 Å². The second-order valence-corrected chi connectivity index (χ2v) is 9.35. The summed E-state index contributed by atoms with van der Waals surface area (Å²) < 4.78 is 27.8. The smallest absolute Gasteiger partial charge is 0.243 e. The molecule has 0 saturated carbocycles. The van der Waals surface area contributed by atoms with E-state index in [1.54, 1.807) is 16.4 Å². The van der Waals surface area contributed by atoms with E-state index in [0.717, 1.165) is 29.5 Å². The Morgan fingerprint density at radius 1 is 0.926 bits per heavy atom. The number of aryl methyl sites for hydroxylation is 1. The maximum Gasteiger partial charge on any atom is 0.243 e. The van der Waals surface area contributed by atoms with Gasteiger partial charge < -0.3 is 4.90 Å². The molecular formula is C21H22ClN2O2S+. The van der Waals surface area contributed by atoms with Crippen molar-refractivity contribution in [3.63, 3.8) is 0 Å². The number of sulfonamides is 1. The van der Waals surface area contributed by atoms with Crippen LogP contribution in [-0.2, 0) is 10.0 Å². The van der Waals surface area contributed by atoms with E-state index in [-0.39, 0.29) is 0 Å². The maximum atomic E-state index is 13.1. The molecule has 4 nitrogen and oxygen atoms in total. The first-order valence-corrected chi connectivity index (χ1v) is 10.9. The SMILES string of the molecule is Cc1ccc(Cl)cc1[NH+]1CCN(S(=O)(=O)c2ccc3ccccc3c2)CC1. The molecule has 3 aromatic rings. The molecular weight excluding hydrogens is 380 g/mol. The third-order valence-electron chi connectivity index (χ3n) is 5.27. The summed E-state index contributed by atoms with van der Waals surface area (Å²) in [6, 6.07) is 19.1. The summed E-state index contributed by atoms with van der Waals surface area (Å²) >= 11 is 6.15. The molecule has 1 heterocycles. The zero-order valence-corrected chi connectivity index (χ0v) is 16.7. The molecule has 0 unspecified atom stereocenters. The monoisotopic (exact) mass is 401 g/mol. The minimum absolute atomic E-state index is 0.364. The van der Waals surface area contributed by atoms with E-state index >= 15 is 0 Å². The van der Waals surface area contributed by atoms with Gasteiger partial charge in [-0.05, 0) is 35.9 Å². The van der Waals surface area contributed by atoms with Gasteiger partial charge >= 0.3 is 0 Å². The highest BCUT2D eigenvalue weighted by Crippen LogP contribution is 2.22. The second-order valence-electron chi connectivity index (χ2n) is 6.98. The Labute approximate surface area is 165 Å². The summed E-state index contributed by atoms with van der Waals surface area (Å²) in [5.41, 5.74) is 2.34. The van der Waals surface area contributed by atoms with Gasteiger partial charge in [-0.2, -0.15) is 4.31 Å². The molecule has 1 fully saturated rings. The van der Waals surface area contributed by atoms with Crippen LogP contribution in [0.1, 0.15) is 5.56 Å². The highest BCUT2D eigenvalue weighted by molar-refractivity contribution is 7.89. The number of nitrogens with zero attached hydrogens (tertiary/aromatic N) is 1. The van der Waals surface area contributed by atoms with Crippen molar-refractivity contribution in [2.24, 2.45) is 0 Å². The lowest BCUT2D eigenvalue weighted by molar-refractivity contribution is -0.837. The first-order chi connectivity index (χ1) is 12.9. The average Bonchev–Trinajstić information content (AvgIpc) is 2.69. The normalized spacial score (nSPS) is 16.7. The molecule has 0 radical (unpaired) electrons. The summed E-state index contributed by atoms with van der Waals surface area (Å²) in [4.78, 5) is 1.64. The van der Waals surface area contributed by atoms with Crippen LogP contribution in [0, 0.1) is 6.92 Å². The summed E-state index contributed by atoms with van der Waals surface area (Å²) in [6.45, 7) is 4.52. The summed E-state index contributed by atoms with van der Waals surface area (Å²) in [7, 11) is -3.48. The summed E-state index contributed by atoms with van der Waals surface area (Å²) in [5.74, 6) is 0. The number of benzene rings is 3. The first-order valence-electron chi connectivity index (χ1n) is 9.05. The molecule has 0 aromatic heterocycles. The van der Waals surface area contributed by atoms with Crippen LogP contribution >= 0.6 is 11.6 Å². The first kappa shape index (κ1) is 18.4. The molecule has 1 aliphatic rings. The fourth-order valence-corrected chi connectivity index (χ4v) is 5.37.